The summed E-state index contributed by atoms with van der Waals surface area (Å²) in [6, 6.07) is 2.75. The van der Waals surface area contributed by atoms with E-state index < -0.39 is 0 Å². The molecule has 0 spiro atoms. The number of likely N-dealkylation sites (N-methyl/N-ethyl adjacent to an activating group) is 1. The van der Waals surface area contributed by atoms with Crippen LogP contribution >= 0.6 is 11.3 Å². The molecule has 1 atom stereocenters. The van der Waals surface area contributed by atoms with Gasteiger partial charge in [0.1, 0.15) is 0 Å². The smallest absolute Gasteiger partial charge is 0.0604 e. The van der Waals surface area contributed by atoms with Crippen molar-refractivity contribution in [2.75, 3.05) is 20.6 Å². The van der Waals surface area contributed by atoms with Gasteiger partial charge in [0.2, 0.25) is 0 Å². The summed E-state index contributed by atoms with van der Waals surface area (Å²) in [5.41, 5.74) is 1.75. The first-order valence-corrected chi connectivity index (χ1v) is 8.94. The Morgan fingerprint density at radius 1 is 1.30 bits per heavy atom. The zero-order valence-corrected chi connectivity index (χ0v) is 14.4. The predicted octanol–water partition coefficient (Wildman–Crippen LogP) is 4.36. The lowest BCUT2D eigenvalue weighted by Gasteiger charge is -2.49. The number of hydrogen-bond acceptors (Lipinski definition) is 3. The molecular formula is C17H30N2S. The van der Waals surface area contributed by atoms with E-state index in [-0.39, 0.29) is 0 Å². The molecule has 0 aromatic carbocycles. The van der Waals surface area contributed by atoms with Gasteiger partial charge in [-0.1, -0.05) is 26.2 Å². The maximum Gasteiger partial charge on any atom is 0.0604 e. The van der Waals surface area contributed by atoms with Crippen LogP contribution in [0.4, 0.5) is 0 Å². The first-order chi connectivity index (χ1) is 9.62. The molecule has 1 aromatic heterocycles. The molecule has 1 saturated carbocycles. The third-order valence-electron chi connectivity index (χ3n) is 4.91. The minimum Gasteiger partial charge on any atom is -0.308 e. The van der Waals surface area contributed by atoms with Crippen LogP contribution in [0.3, 0.4) is 0 Å². The summed E-state index contributed by atoms with van der Waals surface area (Å²) in [4.78, 5) is 4.05. The summed E-state index contributed by atoms with van der Waals surface area (Å²) in [5.74, 6) is 0. The van der Waals surface area contributed by atoms with Crippen molar-refractivity contribution in [1.29, 1.82) is 0 Å². The Balaban J connectivity index is 2.34. The van der Waals surface area contributed by atoms with Crippen molar-refractivity contribution in [1.82, 2.24) is 10.2 Å². The summed E-state index contributed by atoms with van der Waals surface area (Å²) in [6.45, 7) is 5.63. The predicted molar refractivity (Wildman–Crippen MR) is 89.6 cm³/mol. The van der Waals surface area contributed by atoms with Gasteiger partial charge in [-0.2, -0.15) is 0 Å². The zero-order chi connectivity index (χ0) is 14.6. The first-order valence-electron chi connectivity index (χ1n) is 8.06. The minimum absolute atomic E-state index is 0.295. The molecular weight excluding hydrogens is 264 g/mol. The Labute approximate surface area is 128 Å². The highest BCUT2D eigenvalue weighted by Gasteiger charge is 2.43. The van der Waals surface area contributed by atoms with Crippen molar-refractivity contribution in [3.05, 3.63) is 21.9 Å². The van der Waals surface area contributed by atoms with E-state index in [4.69, 9.17) is 0 Å². The minimum atomic E-state index is 0.295. The van der Waals surface area contributed by atoms with Gasteiger partial charge in [0.15, 0.2) is 0 Å². The fourth-order valence-electron chi connectivity index (χ4n) is 3.65. The van der Waals surface area contributed by atoms with Crippen molar-refractivity contribution >= 4 is 11.3 Å². The average molecular weight is 295 g/mol. The number of thiophene rings is 1. The van der Waals surface area contributed by atoms with E-state index in [9.17, 15) is 0 Å². The zero-order valence-electron chi connectivity index (χ0n) is 13.5. The van der Waals surface area contributed by atoms with Crippen molar-refractivity contribution in [3.8, 4) is 0 Å². The van der Waals surface area contributed by atoms with Crippen LogP contribution in [0.25, 0.3) is 0 Å². The number of aryl methyl sites for hydroxylation is 1. The van der Waals surface area contributed by atoms with E-state index in [1.807, 2.05) is 11.3 Å². The highest BCUT2D eigenvalue weighted by Crippen LogP contribution is 2.44. The molecule has 0 saturated heterocycles. The van der Waals surface area contributed by atoms with E-state index in [2.05, 4.69) is 49.6 Å². The van der Waals surface area contributed by atoms with Crippen LogP contribution in [-0.2, 0) is 0 Å². The van der Waals surface area contributed by atoms with Crippen LogP contribution in [0, 0.1) is 6.92 Å². The molecule has 114 valence electrons. The maximum absolute atomic E-state index is 3.87. The third-order valence-corrected chi connectivity index (χ3v) is 5.99. The Kier molecular flexibility index (Phi) is 5.65. The highest BCUT2D eigenvalue weighted by atomic mass is 32.1. The maximum atomic E-state index is 3.87. The SMILES string of the molecule is CCCNC(c1sccc1C)C1(N(C)C)CCCCC1. The molecule has 0 radical (unpaired) electrons. The van der Waals surface area contributed by atoms with E-state index in [1.54, 1.807) is 4.88 Å². The molecule has 1 heterocycles. The topological polar surface area (TPSA) is 15.3 Å². The molecule has 1 N–H and O–H groups in total. The monoisotopic (exact) mass is 294 g/mol. The fraction of sp³-hybridized carbons (Fsp3) is 0.765. The summed E-state index contributed by atoms with van der Waals surface area (Å²) < 4.78 is 0. The summed E-state index contributed by atoms with van der Waals surface area (Å²) in [6.07, 6.45) is 7.97. The molecule has 1 aliphatic rings. The Morgan fingerprint density at radius 2 is 2.00 bits per heavy atom. The van der Waals surface area contributed by atoms with Crippen LogP contribution in [0.1, 0.15) is 61.9 Å². The van der Waals surface area contributed by atoms with Gasteiger partial charge in [0.25, 0.3) is 0 Å². The molecule has 1 unspecified atom stereocenters. The van der Waals surface area contributed by atoms with Gasteiger partial charge >= 0.3 is 0 Å². The molecule has 1 fully saturated rings. The molecule has 0 amide bonds. The van der Waals surface area contributed by atoms with Crippen LogP contribution in [0.5, 0.6) is 0 Å². The number of rotatable bonds is 6. The fourth-order valence-corrected chi connectivity index (χ4v) is 4.77. The van der Waals surface area contributed by atoms with Crippen LogP contribution in [-0.4, -0.2) is 31.1 Å². The van der Waals surface area contributed by atoms with Gasteiger partial charge in [-0.25, -0.2) is 0 Å². The second-order valence-corrected chi connectivity index (χ2v) is 7.36. The summed E-state index contributed by atoms with van der Waals surface area (Å²) >= 11 is 1.93. The molecule has 0 bridgehead atoms. The Bertz CT molecular complexity index is 405. The number of hydrogen-bond donors (Lipinski definition) is 1. The van der Waals surface area contributed by atoms with Gasteiger partial charge in [0.05, 0.1) is 6.04 Å². The largest absolute Gasteiger partial charge is 0.308 e. The number of nitrogens with one attached hydrogen (secondary N) is 1. The van der Waals surface area contributed by atoms with Crippen LogP contribution < -0.4 is 5.32 Å². The molecule has 20 heavy (non-hydrogen) atoms. The van der Waals surface area contributed by atoms with E-state index in [1.165, 1.54) is 44.1 Å². The third kappa shape index (κ3) is 3.10. The van der Waals surface area contributed by atoms with Crippen LogP contribution in [0.2, 0.25) is 0 Å². The Morgan fingerprint density at radius 3 is 2.50 bits per heavy atom. The lowest BCUT2D eigenvalue weighted by molar-refractivity contribution is 0.0575. The normalized spacial score (nSPS) is 20.2. The van der Waals surface area contributed by atoms with Crippen molar-refractivity contribution < 1.29 is 0 Å². The first kappa shape index (κ1) is 16.0. The standard InChI is InChI=1S/C17H30N2S/c1-5-12-18-16(15-14(2)9-13-20-15)17(19(3)4)10-7-6-8-11-17/h9,13,16,18H,5-8,10-12H2,1-4H3. The van der Waals surface area contributed by atoms with Gasteiger partial charge in [-0.3, -0.25) is 0 Å². The van der Waals surface area contributed by atoms with Gasteiger partial charge in [-0.05, 0) is 63.8 Å². The molecule has 0 aliphatic heterocycles. The number of nitrogens with zero attached hydrogens (tertiary/aromatic N) is 1. The molecule has 1 aliphatic carbocycles. The van der Waals surface area contributed by atoms with Gasteiger partial charge < -0.3 is 10.2 Å². The van der Waals surface area contributed by atoms with E-state index in [0.717, 1.165) is 6.54 Å². The lowest BCUT2D eigenvalue weighted by atomic mass is 9.74. The Hall–Kier alpha value is -0.380. The van der Waals surface area contributed by atoms with Crippen molar-refractivity contribution in [3.63, 3.8) is 0 Å². The van der Waals surface area contributed by atoms with E-state index in [0.29, 0.717) is 11.6 Å². The second-order valence-electron chi connectivity index (χ2n) is 6.41. The second kappa shape index (κ2) is 7.06. The molecule has 3 heteroatoms. The molecule has 2 rings (SSSR count). The van der Waals surface area contributed by atoms with Crippen molar-refractivity contribution in [2.45, 2.75) is 64.0 Å². The summed E-state index contributed by atoms with van der Waals surface area (Å²) in [5, 5.41) is 6.12. The molecule has 1 aromatic rings. The van der Waals surface area contributed by atoms with Gasteiger partial charge in [0, 0.05) is 10.4 Å². The quantitative estimate of drug-likeness (QED) is 0.838. The van der Waals surface area contributed by atoms with Crippen molar-refractivity contribution in [2.24, 2.45) is 0 Å². The van der Waals surface area contributed by atoms with Gasteiger partial charge in [-0.15, -0.1) is 11.3 Å². The highest BCUT2D eigenvalue weighted by molar-refractivity contribution is 7.10. The average Bonchev–Trinajstić information content (AvgIpc) is 2.86. The lowest BCUT2D eigenvalue weighted by Crippen LogP contribution is -2.55. The molecule has 2 nitrogen and oxygen atoms in total. The summed E-state index contributed by atoms with van der Waals surface area (Å²) in [7, 11) is 4.55. The van der Waals surface area contributed by atoms with Crippen LogP contribution in [0.15, 0.2) is 11.4 Å². The van der Waals surface area contributed by atoms with E-state index >= 15 is 0 Å².